The van der Waals surface area contributed by atoms with Crippen LogP contribution in [0, 0.1) is 0 Å². The maximum Gasteiger partial charge on any atom is 0.269 e. The molecule has 0 saturated carbocycles. The van der Waals surface area contributed by atoms with Gasteiger partial charge in [0.15, 0.2) is 0 Å². The number of rotatable bonds is 4. The van der Waals surface area contributed by atoms with E-state index in [2.05, 4.69) is 20.4 Å². The average molecular weight is 321 g/mol. The molecule has 0 radical (unpaired) electrons. The van der Waals surface area contributed by atoms with Crippen molar-refractivity contribution in [3.8, 4) is 5.75 Å². The average Bonchev–Trinajstić information content (AvgIpc) is 3.18. The van der Waals surface area contributed by atoms with Crippen molar-refractivity contribution in [3.05, 3.63) is 41.2 Å². The van der Waals surface area contributed by atoms with E-state index in [0.717, 1.165) is 30.9 Å². The molecule has 0 unspecified atom stereocenters. The number of carbonyl (C=O) groups is 1. The molecule has 7 heteroatoms. The summed E-state index contributed by atoms with van der Waals surface area (Å²) >= 11 is 6.08. The number of hydrogen-bond donors (Lipinski definition) is 2. The number of benzene rings is 1. The minimum atomic E-state index is -0.137. The van der Waals surface area contributed by atoms with E-state index in [0.29, 0.717) is 10.7 Å². The summed E-state index contributed by atoms with van der Waals surface area (Å²) in [6.45, 7) is 1.56. The lowest BCUT2D eigenvalue weighted by Gasteiger charge is -2.21. The van der Waals surface area contributed by atoms with Crippen LogP contribution >= 0.6 is 11.6 Å². The molecule has 1 aromatic heterocycles. The maximum absolute atomic E-state index is 12.0. The predicted octanol–water partition coefficient (Wildman–Crippen LogP) is 2.08. The van der Waals surface area contributed by atoms with Gasteiger partial charge in [-0.05, 0) is 30.7 Å². The molecule has 116 valence electrons. The van der Waals surface area contributed by atoms with Crippen molar-refractivity contribution >= 4 is 23.2 Å². The summed E-state index contributed by atoms with van der Waals surface area (Å²) in [5.41, 5.74) is 1.42. The molecule has 1 aromatic carbocycles. The molecule has 2 heterocycles. The van der Waals surface area contributed by atoms with Crippen molar-refractivity contribution in [2.75, 3.05) is 25.1 Å². The highest BCUT2D eigenvalue weighted by Crippen LogP contribution is 2.33. The first kappa shape index (κ1) is 14.7. The summed E-state index contributed by atoms with van der Waals surface area (Å²) in [5, 5.41) is 10.1. The van der Waals surface area contributed by atoms with Gasteiger partial charge < -0.3 is 15.0 Å². The topological polar surface area (TPSA) is 70.2 Å². The number of nitrogens with zero attached hydrogens (tertiary/aromatic N) is 2. The van der Waals surface area contributed by atoms with E-state index in [4.69, 9.17) is 16.3 Å². The van der Waals surface area contributed by atoms with Crippen molar-refractivity contribution in [3.63, 3.8) is 0 Å². The highest BCUT2D eigenvalue weighted by atomic mass is 35.5. The Morgan fingerprint density at radius 2 is 2.36 bits per heavy atom. The molecule has 1 aliphatic rings. The van der Waals surface area contributed by atoms with Crippen LogP contribution in [0.15, 0.2) is 30.5 Å². The molecular weight excluding hydrogens is 304 g/mol. The van der Waals surface area contributed by atoms with E-state index in [1.807, 2.05) is 12.1 Å². The van der Waals surface area contributed by atoms with Crippen LogP contribution in [0.4, 0.5) is 5.69 Å². The van der Waals surface area contributed by atoms with Crippen LogP contribution in [0.25, 0.3) is 0 Å². The first-order chi connectivity index (χ1) is 10.7. The lowest BCUT2D eigenvalue weighted by atomic mass is 10.2. The van der Waals surface area contributed by atoms with Gasteiger partial charge in [0, 0.05) is 30.4 Å². The molecule has 0 spiro atoms. The Morgan fingerprint density at radius 3 is 3.09 bits per heavy atom. The second-order valence-corrected chi connectivity index (χ2v) is 5.63. The van der Waals surface area contributed by atoms with Crippen molar-refractivity contribution in [1.82, 2.24) is 15.5 Å². The molecule has 1 saturated heterocycles. The van der Waals surface area contributed by atoms with Crippen LogP contribution in [0.1, 0.15) is 16.9 Å². The number of ether oxygens (including phenoxy) is 1. The molecule has 6 nitrogen and oxygen atoms in total. The van der Waals surface area contributed by atoms with Gasteiger partial charge in [-0.1, -0.05) is 11.6 Å². The van der Waals surface area contributed by atoms with Crippen LogP contribution in [-0.2, 0) is 0 Å². The lowest BCUT2D eigenvalue weighted by Crippen LogP contribution is -2.37. The summed E-state index contributed by atoms with van der Waals surface area (Å²) < 4.78 is 5.39. The summed E-state index contributed by atoms with van der Waals surface area (Å²) in [7, 11) is 1.64. The number of aromatic nitrogens is 2. The largest absolute Gasteiger partial charge is 0.495 e. The Labute approximate surface area is 133 Å². The molecule has 1 fully saturated rings. The van der Waals surface area contributed by atoms with Gasteiger partial charge in [-0.25, -0.2) is 0 Å². The Balaban J connectivity index is 1.67. The number of aromatic amines is 1. The van der Waals surface area contributed by atoms with Crippen LogP contribution < -0.4 is 15.0 Å². The summed E-state index contributed by atoms with van der Waals surface area (Å²) in [6, 6.07) is 7.28. The molecule has 1 atom stereocenters. The Bertz CT molecular complexity index is 660. The van der Waals surface area contributed by atoms with Crippen LogP contribution in [0.3, 0.4) is 0 Å². The van der Waals surface area contributed by atoms with Crippen molar-refractivity contribution in [2.45, 2.75) is 12.5 Å². The fourth-order valence-corrected chi connectivity index (χ4v) is 2.82. The monoisotopic (exact) mass is 320 g/mol. The molecule has 2 aromatic rings. The lowest BCUT2D eigenvalue weighted by molar-refractivity contribution is 0.0935. The van der Waals surface area contributed by atoms with Gasteiger partial charge in [0.25, 0.3) is 5.91 Å². The minimum absolute atomic E-state index is 0.0829. The highest BCUT2D eigenvalue weighted by molar-refractivity contribution is 6.30. The Kier molecular flexibility index (Phi) is 4.20. The van der Waals surface area contributed by atoms with Gasteiger partial charge >= 0.3 is 0 Å². The number of amides is 1. The summed E-state index contributed by atoms with van der Waals surface area (Å²) in [5.74, 6) is 0.646. The fraction of sp³-hybridized carbons (Fsp3) is 0.333. The number of nitrogens with one attached hydrogen (secondary N) is 2. The van der Waals surface area contributed by atoms with E-state index in [9.17, 15) is 4.79 Å². The number of anilines is 1. The van der Waals surface area contributed by atoms with Crippen molar-refractivity contribution in [1.29, 1.82) is 0 Å². The van der Waals surface area contributed by atoms with Crippen LogP contribution in [0.2, 0.25) is 5.02 Å². The SMILES string of the molecule is COc1ccc(Cl)cc1N1CC[C@@H](NC(=O)c2ccn[nH]2)C1. The molecule has 1 amide bonds. The number of methoxy groups -OCH3 is 1. The normalized spacial score (nSPS) is 17.5. The van der Waals surface area contributed by atoms with Crippen molar-refractivity contribution in [2.24, 2.45) is 0 Å². The molecule has 0 bridgehead atoms. The Morgan fingerprint density at radius 1 is 1.50 bits per heavy atom. The van der Waals surface area contributed by atoms with E-state index < -0.39 is 0 Å². The number of H-pyrrole nitrogens is 1. The Hall–Kier alpha value is -2.21. The number of halogens is 1. The minimum Gasteiger partial charge on any atom is -0.495 e. The maximum atomic E-state index is 12.0. The number of carbonyl (C=O) groups excluding carboxylic acids is 1. The first-order valence-corrected chi connectivity index (χ1v) is 7.44. The van der Waals surface area contributed by atoms with E-state index in [-0.39, 0.29) is 11.9 Å². The molecule has 22 heavy (non-hydrogen) atoms. The summed E-state index contributed by atoms with van der Waals surface area (Å²) in [6.07, 6.45) is 2.43. The van der Waals surface area contributed by atoms with Gasteiger partial charge in [-0.2, -0.15) is 5.10 Å². The third-order valence-corrected chi connectivity index (χ3v) is 3.99. The summed E-state index contributed by atoms with van der Waals surface area (Å²) in [4.78, 5) is 14.2. The van der Waals surface area contributed by atoms with Gasteiger partial charge in [0.2, 0.25) is 0 Å². The molecule has 0 aliphatic carbocycles. The molecule has 1 aliphatic heterocycles. The smallest absolute Gasteiger partial charge is 0.269 e. The molecule has 3 rings (SSSR count). The van der Waals surface area contributed by atoms with E-state index in [1.165, 1.54) is 0 Å². The quantitative estimate of drug-likeness (QED) is 0.905. The zero-order valence-corrected chi connectivity index (χ0v) is 12.9. The van der Waals surface area contributed by atoms with Crippen LogP contribution in [0.5, 0.6) is 5.75 Å². The van der Waals surface area contributed by atoms with Gasteiger partial charge in [-0.3, -0.25) is 9.89 Å². The standard InChI is InChI=1S/C15H17ClN4O2/c1-22-14-3-2-10(16)8-13(14)20-7-5-11(9-20)18-15(21)12-4-6-17-19-12/h2-4,6,8,11H,5,7,9H2,1H3,(H,17,19)(H,18,21)/t11-/m1/s1. The third-order valence-electron chi connectivity index (χ3n) is 3.75. The third kappa shape index (κ3) is 3.01. The van der Waals surface area contributed by atoms with Crippen molar-refractivity contribution < 1.29 is 9.53 Å². The number of hydrogen-bond acceptors (Lipinski definition) is 4. The first-order valence-electron chi connectivity index (χ1n) is 7.06. The molecule has 2 N–H and O–H groups in total. The second-order valence-electron chi connectivity index (χ2n) is 5.19. The van der Waals surface area contributed by atoms with Gasteiger partial charge in [-0.15, -0.1) is 0 Å². The second kappa shape index (κ2) is 6.27. The zero-order valence-electron chi connectivity index (χ0n) is 12.2. The predicted molar refractivity (Wildman–Crippen MR) is 84.7 cm³/mol. The van der Waals surface area contributed by atoms with E-state index >= 15 is 0 Å². The molecular formula is C15H17ClN4O2. The fourth-order valence-electron chi connectivity index (χ4n) is 2.65. The van der Waals surface area contributed by atoms with Crippen LogP contribution in [-0.4, -0.2) is 42.3 Å². The highest BCUT2D eigenvalue weighted by Gasteiger charge is 2.26. The van der Waals surface area contributed by atoms with Gasteiger partial charge in [0.1, 0.15) is 11.4 Å². The van der Waals surface area contributed by atoms with E-state index in [1.54, 1.807) is 25.4 Å². The zero-order chi connectivity index (χ0) is 15.5. The van der Waals surface area contributed by atoms with Gasteiger partial charge in [0.05, 0.1) is 12.8 Å².